The number of anilines is 2. The lowest BCUT2D eigenvalue weighted by Gasteiger charge is -2.08. The first-order valence-corrected chi connectivity index (χ1v) is 7.69. The second-order valence-corrected chi connectivity index (χ2v) is 5.39. The number of nitrogens with zero attached hydrogens (tertiary/aromatic N) is 2. The summed E-state index contributed by atoms with van der Waals surface area (Å²) in [7, 11) is 0. The molecule has 0 saturated carbocycles. The van der Waals surface area contributed by atoms with Crippen LogP contribution in [0.2, 0.25) is 0 Å². The number of hydrogen-bond acceptors (Lipinski definition) is 4. The highest BCUT2D eigenvalue weighted by Crippen LogP contribution is 2.12. The van der Waals surface area contributed by atoms with Crippen LogP contribution >= 0.6 is 0 Å². The third-order valence-electron chi connectivity index (χ3n) is 3.63. The minimum Gasteiger partial charge on any atom is -0.347 e. The van der Waals surface area contributed by atoms with E-state index in [0.29, 0.717) is 18.1 Å². The summed E-state index contributed by atoms with van der Waals surface area (Å²) in [6, 6.07) is 17.6. The van der Waals surface area contributed by atoms with E-state index >= 15 is 0 Å². The number of aromatic nitrogens is 2. The normalized spacial score (nSPS) is 10.2. The van der Waals surface area contributed by atoms with Gasteiger partial charge in [-0.25, -0.2) is 9.97 Å². The van der Waals surface area contributed by atoms with E-state index in [2.05, 4.69) is 20.6 Å². The highest BCUT2D eigenvalue weighted by molar-refractivity contribution is 5.92. The molecule has 1 heterocycles. The molecule has 5 nitrogen and oxygen atoms in total. The van der Waals surface area contributed by atoms with Crippen molar-refractivity contribution in [1.29, 1.82) is 0 Å². The van der Waals surface area contributed by atoms with Gasteiger partial charge in [-0.1, -0.05) is 42.5 Å². The molecule has 2 N–H and O–H groups in total. The lowest BCUT2D eigenvalue weighted by molar-refractivity contribution is 0.0945. The van der Waals surface area contributed by atoms with Gasteiger partial charge in [0.25, 0.3) is 5.91 Å². The third kappa shape index (κ3) is 3.95. The SMILES string of the molecule is Cc1ccccc1CNC(=O)c1cnc(Nc2ccccc2)cn1. The molecule has 0 saturated heterocycles. The van der Waals surface area contributed by atoms with Gasteiger partial charge >= 0.3 is 0 Å². The first-order chi connectivity index (χ1) is 11.7. The molecule has 1 aromatic heterocycles. The molecule has 0 radical (unpaired) electrons. The fourth-order valence-electron chi connectivity index (χ4n) is 2.25. The zero-order valence-electron chi connectivity index (χ0n) is 13.4. The van der Waals surface area contributed by atoms with Gasteiger partial charge in [-0.2, -0.15) is 0 Å². The number of carbonyl (C=O) groups excluding carboxylic acids is 1. The number of carbonyl (C=O) groups is 1. The molecule has 120 valence electrons. The highest BCUT2D eigenvalue weighted by Gasteiger charge is 2.08. The molecular weight excluding hydrogens is 300 g/mol. The zero-order chi connectivity index (χ0) is 16.8. The molecule has 5 heteroatoms. The Morgan fingerprint density at radius 1 is 0.958 bits per heavy atom. The van der Waals surface area contributed by atoms with Crippen molar-refractivity contribution in [2.45, 2.75) is 13.5 Å². The Morgan fingerprint density at radius 3 is 2.42 bits per heavy atom. The molecule has 0 fully saturated rings. The van der Waals surface area contributed by atoms with E-state index in [1.165, 1.54) is 6.20 Å². The Bertz CT molecular complexity index is 816. The molecule has 1 amide bonds. The molecule has 0 bridgehead atoms. The largest absolute Gasteiger partial charge is 0.347 e. The molecule has 2 aromatic carbocycles. The monoisotopic (exact) mass is 318 g/mol. The van der Waals surface area contributed by atoms with Gasteiger partial charge in [0, 0.05) is 12.2 Å². The van der Waals surface area contributed by atoms with Gasteiger partial charge in [0.2, 0.25) is 0 Å². The van der Waals surface area contributed by atoms with Crippen LogP contribution in [-0.4, -0.2) is 15.9 Å². The van der Waals surface area contributed by atoms with E-state index in [0.717, 1.165) is 16.8 Å². The summed E-state index contributed by atoms with van der Waals surface area (Å²) in [4.78, 5) is 20.6. The summed E-state index contributed by atoms with van der Waals surface area (Å²) >= 11 is 0. The van der Waals surface area contributed by atoms with Gasteiger partial charge in [0.1, 0.15) is 11.5 Å². The standard InChI is InChI=1S/C19H18N4O/c1-14-7-5-6-8-15(14)11-22-19(24)17-12-21-18(13-20-17)23-16-9-3-2-4-10-16/h2-10,12-13H,11H2,1H3,(H,21,23)(H,22,24). The van der Waals surface area contributed by atoms with Crippen molar-refractivity contribution in [2.75, 3.05) is 5.32 Å². The van der Waals surface area contributed by atoms with Crippen molar-refractivity contribution in [1.82, 2.24) is 15.3 Å². The smallest absolute Gasteiger partial charge is 0.271 e. The highest BCUT2D eigenvalue weighted by atomic mass is 16.1. The number of benzene rings is 2. The van der Waals surface area contributed by atoms with Crippen molar-refractivity contribution in [2.24, 2.45) is 0 Å². The number of amides is 1. The summed E-state index contributed by atoms with van der Waals surface area (Å²) in [5.41, 5.74) is 3.44. The van der Waals surface area contributed by atoms with Crippen LogP contribution in [0.15, 0.2) is 67.0 Å². The number of para-hydroxylation sites is 1. The van der Waals surface area contributed by atoms with E-state index in [4.69, 9.17) is 0 Å². The third-order valence-corrected chi connectivity index (χ3v) is 3.63. The van der Waals surface area contributed by atoms with Crippen molar-refractivity contribution in [3.8, 4) is 0 Å². The maximum absolute atomic E-state index is 12.2. The predicted molar refractivity (Wildman–Crippen MR) is 94.1 cm³/mol. The summed E-state index contributed by atoms with van der Waals surface area (Å²) in [6.07, 6.45) is 3.02. The minimum atomic E-state index is -0.239. The fourth-order valence-corrected chi connectivity index (χ4v) is 2.25. The van der Waals surface area contributed by atoms with Crippen LogP contribution in [0.25, 0.3) is 0 Å². The predicted octanol–water partition coefficient (Wildman–Crippen LogP) is 3.46. The van der Waals surface area contributed by atoms with Crippen molar-refractivity contribution in [3.05, 3.63) is 83.8 Å². The van der Waals surface area contributed by atoms with E-state index in [-0.39, 0.29) is 5.91 Å². The number of nitrogens with one attached hydrogen (secondary N) is 2. The Balaban J connectivity index is 1.61. The van der Waals surface area contributed by atoms with Crippen LogP contribution in [0.4, 0.5) is 11.5 Å². The number of hydrogen-bond donors (Lipinski definition) is 2. The topological polar surface area (TPSA) is 66.9 Å². The van der Waals surface area contributed by atoms with Gasteiger partial charge in [0.15, 0.2) is 0 Å². The van der Waals surface area contributed by atoms with E-state index in [9.17, 15) is 4.79 Å². The summed E-state index contributed by atoms with van der Waals surface area (Å²) in [6.45, 7) is 2.49. The lowest BCUT2D eigenvalue weighted by Crippen LogP contribution is -2.24. The van der Waals surface area contributed by atoms with Crippen molar-refractivity contribution in [3.63, 3.8) is 0 Å². The summed E-state index contributed by atoms with van der Waals surface area (Å²) < 4.78 is 0. The second kappa shape index (κ2) is 7.37. The molecule has 0 atom stereocenters. The average Bonchev–Trinajstić information content (AvgIpc) is 2.62. The van der Waals surface area contributed by atoms with Crippen LogP contribution in [0.5, 0.6) is 0 Å². The Morgan fingerprint density at radius 2 is 1.71 bits per heavy atom. The maximum atomic E-state index is 12.2. The van der Waals surface area contributed by atoms with Crippen LogP contribution in [0, 0.1) is 6.92 Å². The second-order valence-electron chi connectivity index (χ2n) is 5.39. The van der Waals surface area contributed by atoms with Crippen molar-refractivity contribution >= 4 is 17.4 Å². The van der Waals surface area contributed by atoms with Gasteiger partial charge in [-0.05, 0) is 30.2 Å². The zero-order valence-corrected chi connectivity index (χ0v) is 13.4. The Hall–Kier alpha value is -3.21. The molecule has 0 unspecified atom stereocenters. The maximum Gasteiger partial charge on any atom is 0.271 e. The van der Waals surface area contributed by atoms with Crippen molar-refractivity contribution < 1.29 is 4.79 Å². The van der Waals surface area contributed by atoms with E-state index in [1.807, 2.05) is 61.5 Å². The van der Waals surface area contributed by atoms with Crippen LogP contribution in [0.1, 0.15) is 21.6 Å². The summed E-state index contributed by atoms with van der Waals surface area (Å²) in [5, 5.41) is 5.99. The molecule has 3 rings (SSSR count). The van der Waals surface area contributed by atoms with Crippen LogP contribution in [0.3, 0.4) is 0 Å². The van der Waals surface area contributed by atoms with Gasteiger partial charge in [0.05, 0.1) is 12.4 Å². The molecule has 0 aliphatic rings. The first-order valence-electron chi connectivity index (χ1n) is 7.69. The van der Waals surface area contributed by atoms with Gasteiger partial charge < -0.3 is 10.6 Å². The van der Waals surface area contributed by atoms with Gasteiger partial charge in [-0.3, -0.25) is 4.79 Å². The fraction of sp³-hybridized carbons (Fsp3) is 0.105. The Kier molecular flexibility index (Phi) is 4.81. The molecule has 0 spiro atoms. The number of aryl methyl sites for hydroxylation is 1. The van der Waals surface area contributed by atoms with Crippen LogP contribution in [-0.2, 0) is 6.54 Å². The van der Waals surface area contributed by atoms with E-state index in [1.54, 1.807) is 6.20 Å². The van der Waals surface area contributed by atoms with E-state index < -0.39 is 0 Å². The van der Waals surface area contributed by atoms with Gasteiger partial charge in [-0.15, -0.1) is 0 Å². The molecule has 24 heavy (non-hydrogen) atoms. The quantitative estimate of drug-likeness (QED) is 0.756. The lowest BCUT2D eigenvalue weighted by atomic mass is 10.1. The average molecular weight is 318 g/mol. The molecule has 3 aromatic rings. The summed E-state index contributed by atoms with van der Waals surface area (Å²) in [5.74, 6) is 0.355. The molecular formula is C19H18N4O. The molecule has 0 aliphatic carbocycles. The van der Waals surface area contributed by atoms with Crippen LogP contribution < -0.4 is 10.6 Å². The molecule has 0 aliphatic heterocycles. The Labute approximate surface area is 140 Å². The minimum absolute atomic E-state index is 0.239. The number of rotatable bonds is 5. The first kappa shape index (κ1) is 15.7.